The maximum atomic E-state index is 12.2. The van der Waals surface area contributed by atoms with Crippen molar-refractivity contribution in [1.82, 2.24) is 10.2 Å². The molecule has 1 N–H and O–H groups in total. The molecular weight excluding hydrogens is 412 g/mol. The Morgan fingerprint density at radius 1 is 1.07 bits per heavy atom. The van der Waals surface area contributed by atoms with E-state index in [2.05, 4.69) is 21.2 Å². The van der Waals surface area contributed by atoms with Gasteiger partial charge >= 0.3 is 0 Å². The molecule has 0 aromatic heterocycles. The van der Waals surface area contributed by atoms with E-state index < -0.39 is 0 Å². The monoisotopic (exact) mass is 434 g/mol. The summed E-state index contributed by atoms with van der Waals surface area (Å²) < 4.78 is 11.3. The molecule has 0 saturated carbocycles. The van der Waals surface area contributed by atoms with Gasteiger partial charge in [-0.2, -0.15) is 0 Å². The highest BCUT2D eigenvalue weighted by molar-refractivity contribution is 9.10. The molecule has 7 heteroatoms. The summed E-state index contributed by atoms with van der Waals surface area (Å²) in [6.45, 7) is 0.481. The van der Waals surface area contributed by atoms with Gasteiger partial charge in [0.15, 0.2) is 11.5 Å². The predicted octanol–water partition coefficient (Wildman–Crippen LogP) is 2.90. The third-order valence-corrected chi connectivity index (χ3v) is 4.59. The molecular formula is C20H23BrN2O4. The minimum atomic E-state index is -0.280. The van der Waals surface area contributed by atoms with Gasteiger partial charge in [-0.1, -0.05) is 28.1 Å². The minimum absolute atomic E-state index is 0.0478. The number of benzene rings is 2. The van der Waals surface area contributed by atoms with Crippen molar-refractivity contribution in [2.24, 2.45) is 0 Å². The van der Waals surface area contributed by atoms with Crippen LogP contribution in [0.4, 0.5) is 0 Å². The molecule has 0 fully saturated rings. The average Bonchev–Trinajstić information content (AvgIpc) is 2.69. The van der Waals surface area contributed by atoms with Crippen LogP contribution in [0.25, 0.3) is 0 Å². The lowest BCUT2D eigenvalue weighted by molar-refractivity contribution is -0.128. The number of nitrogens with zero attached hydrogens (tertiary/aromatic N) is 1. The molecule has 144 valence electrons. The Morgan fingerprint density at radius 3 is 2.48 bits per heavy atom. The van der Waals surface area contributed by atoms with E-state index in [1.807, 2.05) is 24.3 Å². The van der Waals surface area contributed by atoms with E-state index in [1.165, 1.54) is 0 Å². The van der Waals surface area contributed by atoms with Crippen molar-refractivity contribution in [2.45, 2.75) is 6.42 Å². The predicted molar refractivity (Wildman–Crippen MR) is 107 cm³/mol. The molecule has 2 amide bonds. The van der Waals surface area contributed by atoms with Crippen molar-refractivity contribution in [1.29, 1.82) is 0 Å². The summed E-state index contributed by atoms with van der Waals surface area (Å²) in [7, 11) is 4.89. The van der Waals surface area contributed by atoms with Gasteiger partial charge in [0.25, 0.3) is 5.91 Å². The second-order valence-electron chi connectivity index (χ2n) is 5.95. The highest BCUT2D eigenvalue weighted by atomic mass is 79.9. The molecule has 2 rings (SSSR count). The molecule has 6 nitrogen and oxygen atoms in total. The number of rotatable bonds is 8. The van der Waals surface area contributed by atoms with Crippen molar-refractivity contribution in [3.63, 3.8) is 0 Å². The van der Waals surface area contributed by atoms with E-state index in [4.69, 9.17) is 9.47 Å². The van der Waals surface area contributed by atoms with Crippen molar-refractivity contribution in [3.8, 4) is 11.5 Å². The Balaban J connectivity index is 1.84. The van der Waals surface area contributed by atoms with Crippen molar-refractivity contribution >= 4 is 27.7 Å². The van der Waals surface area contributed by atoms with Crippen molar-refractivity contribution in [3.05, 3.63) is 58.1 Å². The number of likely N-dealkylation sites (N-methyl/N-ethyl adjacent to an activating group) is 1. The van der Waals surface area contributed by atoms with Gasteiger partial charge in [-0.3, -0.25) is 9.59 Å². The topological polar surface area (TPSA) is 67.9 Å². The number of halogens is 1. The quantitative estimate of drug-likeness (QED) is 0.693. The molecule has 0 saturated heterocycles. The van der Waals surface area contributed by atoms with Crippen LogP contribution in [0.15, 0.2) is 46.9 Å². The maximum absolute atomic E-state index is 12.2. The lowest BCUT2D eigenvalue weighted by Gasteiger charge is -2.18. The van der Waals surface area contributed by atoms with Gasteiger partial charge in [-0.05, 0) is 42.3 Å². The van der Waals surface area contributed by atoms with E-state index in [0.29, 0.717) is 30.0 Å². The van der Waals surface area contributed by atoms with Crippen molar-refractivity contribution in [2.75, 3.05) is 34.4 Å². The fourth-order valence-electron chi connectivity index (χ4n) is 2.48. The maximum Gasteiger partial charge on any atom is 0.251 e. The lowest BCUT2D eigenvalue weighted by Crippen LogP contribution is -2.39. The second-order valence-corrected chi connectivity index (χ2v) is 6.86. The summed E-state index contributed by atoms with van der Waals surface area (Å²) in [5, 5.41) is 2.65. The molecule has 0 aliphatic carbocycles. The van der Waals surface area contributed by atoms with Crippen molar-refractivity contribution < 1.29 is 19.1 Å². The third kappa shape index (κ3) is 5.99. The Hall–Kier alpha value is -2.54. The van der Waals surface area contributed by atoms with Crippen LogP contribution in [0.5, 0.6) is 11.5 Å². The van der Waals surface area contributed by atoms with Crippen LogP contribution in [0.1, 0.15) is 15.9 Å². The van der Waals surface area contributed by atoms with Crippen LogP contribution in [0.2, 0.25) is 0 Å². The molecule has 0 heterocycles. The minimum Gasteiger partial charge on any atom is -0.493 e. The van der Waals surface area contributed by atoms with Gasteiger partial charge in [-0.25, -0.2) is 0 Å². The molecule has 0 radical (unpaired) electrons. The summed E-state index contributed by atoms with van der Waals surface area (Å²) in [6, 6.07) is 12.7. The zero-order valence-electron chi connectivity index (χ0n) is 15.6. The normalized spacial score (nSPS) is 10.2. The van der Waals surface area contributed by atoms with E-state index in [0.717, 1.165) is 10.0 Å². The second kappa shape index (κ2) is 9.97. The molecule has 0 unspecified atom stereocenters. The molecule has 0 spiro atoms. The highest BCUT2D eigenvalue weighted by Gasteiger charge is 2.12. The fourth-order valence-corrected chi connectivity index (χ4v) is 2.88. The Bertz CT molecular complexity index is 810. The SMILES string of the molecule is COc1ccc(CCN(C)C(=O)CNC(=O)c2cccc(Br)c2)cc1OC. The Morgan fingerprint density at radius 2 is 1.81 bits per heavy atom. The average molecular weight is 435 g/mol. The first-order valence-electron chi connectivity index (χ1n) is 8.43. The molecule has 0 aliphatic rings. The number of nitrogens with one attached hydrogen (secondary N) is 1. The summed E-state index contributed by atoms with van der Waals surface area (Å²) in [5.74, 6) is 0.892. The van der Waals surface area contributed by atoms with Crippen LogP contribution in [-0.4, -0.2) is 51.1 Å². The molecule has 0 aliphatic heterocycles. The number of methoxy groups -OCH3 is 2. The van der Waals surface area contributed by atoms with Crippen LogP contribution < -0.4 is 14.8 Å². The standard InChI is InChI=1S/C20H23BrN2O4/c1-23(10-9-14-7-8-17(26-2)18(11-14)27-3)19(24)13-22-20(25)15-5-4-6-16(21)12-15/h4-8,11-12H,9-10,13H2,1-3H3,(H,22,25). The van der Waals surface area contributed by atoms with Gasteiger partial charge in [0.2, 0.25) is 5.91 Å². The number of ether oxygens (including phenoxy) is 2. The smallest absolute Gasteiger partial charge is 0.251 e. The number of hydrogen-bond acceptors (Lipinski definition) is 4. The van der Waals surface area contributed by atoms with Crippen LogP contribution in [-0.2, 0) is 11.2 Å². The lowest BCUT2D eigenvalue weighted by atomic mass is 10.1. The summed E-state index contributed by atoms with van der Waals surface area (Å²) in [6.07, 6.45) is 0.669. The van der Waals surface area contributed by atoms with Gasteiger partial charge in [0, 0.05) is 23.6 Å². The van der Waals surface area contributed by atoms with Crippen LogP contribution >= 0.6 is 15.9 Å². The molecule has 2 aromatic carbocycles. The highest BCUT2D eigenvalue weighted by Crippen LogP contribution is 2.27. The number of carbonyl (C=O) groups is 2. The Kier molecular flexibility index (Phi) is 7.67. The Labute approximate surface area is 167 Å². The first kappa shape index (κ1) is 20.8. The van der Waals surface area contributed by atoms with Crippen LogP contribution in [0.3, 0.4) is 0 Å². The molecule has 2 aromatic rings. The zero-order valence-corrected chi connectivity index (χ0v) is 17.2. The van der Waals surface area contributed by atoms with E-state index in [-0.39, 0.29) is 18.4 Å². The molecule has 0 atom stereocenters. The largest absolute Gasteiger partial charge is 0.493 e. The first-order valence-corrected chi connectivity index (χ1v) is 9.22. The first-order chi connectivity index (χ1) is 12.9. The van der Waals surface area contributed by atoms with Gasteiger partial charge in [0.05, 0.1) is 20.8 Å². The molecule has 0 bridgehead atoms. The fraction of sp³-hybridized carbons (Fsp3) is 0.300. The van der Waals surface area contributed by atoms with E-state index in [1.54, 1.807) is 44.4 Å². The number of carbonyl (C=O) groups excluding carboxylic acids is 2. The summed E-state index contributed by atoms with van der Waals surface area (Å²) in [5.41, 5.74) is 1.54. The van der Waals surface area contributed by atoms with Crippen LogP contribution in [0, 0.1) is 0 Å². The number of amides is 2. The van der Waals surface area contributed by atoms with E-state index >= 15 is 0 Å². The molecule has 27 heavy (non-hydrogen) atoms. The number of hydrogen-bond donors (Lipinski definition) is 1. The third-order valence-electron chi connectivity index (χ3n) is 4.10. The van der Waals surface area contributed by atoms with Gasteiger partial charge in [-0.15, -0.1) is 0 Å². The zero-order chi connectivity index (χ0) is 19.8. The van der Waals surface area contributed by atoms with Gasteiger partial charge < -0.3 is 19.7 Å². The van der Waals surface area contributed by atoms with Gasteiger partial charge in [0.1, 0.15) is 0 Å². The van der Waals surface area contributed by atoms with E-state index in [9.17, 15) is 9.59 Å². The summed E-state index contributed by atoms with van der Waals surface area (Å²) in [4.78, 5) is 25.9. The summed E-state index contributed by atoms with van der Waals surface area (Å²) >= 11 is 3.32.